The van der Waals surface area contributed by atoms with E-state index < -0.39 is 0 Å². The summed E-state index contributed by atoms with van der Waals surface area (Å²) in [5.41, 5.74) is 6.02. The molecule has 0 saturated heterocycles. The van der Waals surface area contributed by atoms with Gasteiger partial charge < -0.3 is 5.32 Å². The summed E-state index contributed by atoms with van der Waals surface area (Å²) >= 11 is 5.80. The van der Waals surface area contributed by atoms with Crippen LogP contribution >= 0.6 is 11.6 Å². The standard InChI is InChI=1S/C29H32ClNO/c1-23-17-19-26(20-18-23)29(31-22-24-12-6-4-7-13-24)28(25-14-8-5-9-15-25)27(32)16-10-2-3-11-21-30/h4-9,12-15,17-20,31H,2-3,10-11,16,21-22H2,1H3/b29-28+. The van der Waals surface area contributed by atoms with Crippen molar-refractivity contribution in [2.75, 3.05) is 5.88 Å². The second-order valence-electron chi connectivity index (χ2n) is 8.10. The van der Waals surface area contributed by atoms with E-state index in [1.54, 1.807) is 0 Å². The highest BCUT2D eigenvalue weighted by Crippen LogP contribution is 2.28. The lowest BCUT2D eigenvalue weighted by atomic mass is 9.92. The molecule has 0 heterocycles. The summed E-state index contributed by atoms with van der Waals surface area (Å²) in [4.78, 5) is 13.5. The molecule has 3 aromatic carbocycles. The minimum atomic E-state index is 0.179. The second-order valence-corrected chi connectivity index (χ2v) is 8.48. The van der Waals surface area contributed by atoms with Crippen molar-refractivity contribution in [2.45, 2.75) is 45.6 Å². The Balaban J connectivity index is 1.97. The van der Waals surface area contributed by atoms with E-state index >= 15 is 0 Å². The van der Waals surface area contributed by atoms with Crippen molar-refractivity contribution in [3.05, 3.63) is 107 Å². The van der Waals surface area contributed by atoms with Crippen molar-refractivity contribution in [2.24, 2.45) is 0 Å². The van der Waals surface area contributed by atoms with Gasteiger partial charge in [-0.1, -0.05) is 103 Å². The first kappa shape index (κ1) is 23.8. The Morgan fingerprint density at radius 2 is 1.38 bits per heavy atom. The number of hydrogen-bond donors (Lipinski definition) is 1. The Morgan fingerprint density at radius 3 is 2.03 bits per heavy atom. The molecule has 0 spiro atoms. The number of hydrogen-bond acceptors (Lipinski definition) is 2. The average molecular weight is 446 g/mol. The van der Waals surface area contributed by atoms with Crippen LogP contribution in [-0.4, -0.2) is 11.7 Å². The summed E-state index contributed by atoms with van der Waals surface area (Å²) < 4.78 is 0. The zero-order valence-electron chi connectivity index (χ0n) is 18.8. The topological polar surface area (TPSA) is 29.1 Å². The molecule has 0 radical (unpaired) electrons. The number of alkyl halides is 1. The van der Waals surface area contributed by atoms with Crippen LogP contribution in [0.4, 0.5) is 0 Å². The monoisotopic (exact) mass is 445 g/mol. The molecule has 166 valence electrons. The van der Waals surface area contributed by atoms with E-state index in [1.807, 2.05) is 48.5 Å². The van der Waals surface area contributed by atoms with Crippen LogP contribution in [0.1, 0.15) is 54.4 Å². The Hall–Kier alpha value is -2.84. The minimum absolute atomic E-state index is 0.179. The lowest BCUT2D eigenvalue weighted by Gasteiger charge is -2.18. The van der Waals surface area contributed by atoms with Crippen LogP contribution in [0.25, 0.3) is 11.3 Å². The maximum Gasteiger partial charge on any atom is 0.165 e. The number of carbonyl (C=O) groups is 1. The Labute approximate surface area is 197 Å². The van der Waals surface area contributed by atoms with Crippen molar-refractivity contribution in [3.63, 3.8) is 0 Å². The summed E-state index contributed by atoms with van der Waals surface area (Å²) in [6.07, 6.45) is 4.52. The highest BCUT2D eigenvalue weighted by Gasteiger charge is 2.19. The fraction of sp³-hybridized carbons (Fsp3) is 0.276. The van der Waals surface area contributed by atoms with Gasteiger partial charge in [0.05, 0.1) is 5.70 Å². The molecule has 3 rings (SSSR count). The van der Waals surface area contributed by atoms with Gasteiger partial charge in [-0.25, -0.2) is 0 Å². The van der Waals surface area contributed by atoms with Gasteiger partial charge >= 0.3 is 0 Å². The van der Waals surface area contributed by atoms with E-state index in [0.29, 0.717) is 18.8 Å². The van der Waals surface area contributed by atoms with Crippen LogP contribution in [-0.2, 0) is 11.3 Å². The SMILES string of the molecule is Cc1ccc(/C(NCc2ccccc2)=C(\C(=O)CCCCCCCl)c2ccccc2)cc1. The molecule has 3 aromatic rings. The fourth-order valence-corrected chi connectivity index (χ4v) is 3.94. The minimum Gasteiger partial charge on any atom is -0.380 e. The number of halogens is 1. The van der Waals surface area contributed by atoms with Crippen molar-refractivity contribution in [1.29, 1.82) is 0 Å². The number of aryl methyl sites for hydroxylation is 1. The normalized spacial score (nSPS) is 11.7. The summed E-state index contributed by atoms with van der Waals surface area (Å²) in [5, 5.41) is 3.60. The summed E-state index contributed by atoms with van der Waals surface area (Å²) in [5.74, 6) is 0.864. The number of allylic oxidation sites excluding steroid dienone is 1. The van der Waals surface area contributed by atoms with Crippen LogP contribution in [0.2, 0.25) is 0 Å². The molecule has 0 amide bonds. The van der Waals surface area contributed by atoms with Crippen molar-refractivity contribution >= 4 is 28.7 Å². The third kappa shape index (κ3) is 7.10. The van der Waals surface area contributed by atoms with Crippen LogP contribution in [0, 0.1) is 6.92 Å². The van der Waals surface area contributed by atoms with Crippen LogP contribution < -0.4 is 5.32 Å². The number of benzene rings is 3. The van der Waals surface area contributed by atoms with E-state index in [2.05, 4.69) is 48.6 Å². The number of carbonyl (C=O) groups excluding carboxylic acids is 1. The first-order valence-electron chi connectivity index (χ1n) is 11.4. The maximum absolute atomic E-state index is 13.5. The third-order valence-electron chi connectivity index (χ3n) is 5.53. The predicted octanol–water partition coefficient (Wildman–Crippen LogP) is 7.41. The van der Waals surface area contributed by atoms with Crippen LogP contribution in [0.3, 0.4) is 0 Å². The van der Waals surface area contributed by atoms with E-state index in [9.17, 15) is 4.79 Å². The lowest BCUT2D eigenvalue weighted by Crippen LogP contribution is -2.17. The lowest BCUT2D eigenvalue weighted by molar-refractivity contribution is -0.113. The molecule has 3 heteroatoms. The third-order valence-corrected chi connectivity index (χ3v) is 5.80. The quantitative estimate of drug-likeness (QED) is 0.136. The van der Waals surface area contributed by atoms with Crippen molar-refractivity contribution in [3.8, 4) is 0 Å². The van der Waals surface area contributed by atoms with Gasteiger partial charge in [0.1, 0.15) is 0 Å². The highest BCUT2D eigenvalue weighted by atomic mass is 35.5. The molecule has 2 nitrogen and oxygen atoms in total. The summed E-state index contributed by atoms with van der Waals surface area (Å²) in [6.45, 7) is 2.73. The van der Waals surface area contributed by atoms with Gasteiger partial charge in [-0.3, -0.25) is 4.79 Å². The van der Waals surface area contributed by atoms with E-state index in [4.69, 9.17) is 11.6 Å². The van der Waals surface area contributed by atoms with Crippen LogP contribution in [0.15, 0.2) is 84.9 Å². The Bertz CT molecular complexity index is 994. The molecule has 0 aliphatic carbocycles. The molecule has 0 saturated carbocycles. The van der Waals surface area contributed by atoms with Gasteiger partial charge in [0.25, 0.3) is 0 Å². The van der Waals surface area contributed by atoms with E-state index in [-0.39, 0.29) is 5.78 Å². The van der Waals surface area contributed by atoms with Crippen molar-refractivity contribution in [1.82, 2.24) is 5.32 Å². The number of rotatable bonds is 12. The molecular formula is C29H32ClNO. The first-order chi connectivity index (χ1) is 15.7. The Morgan fingerprint density at radius 1 is 0.750 bits per heavy atom. The second kappa shape index (κ2) is 12.9. The summed E-state index contributed by atoms with van der Waals surface area (Å²) in [6, 6.07) is 28.7. The molecule has 0 aliphatic rings. The van der Waals surface area contributed by atoms with Gasteiger partial charge in [0.15, 0.2) is 5.78 Å². The first-order valence-corrected chi connectivity index (χ1v) is 12.0. The average Bonchev–Trinajstić information content (AvgIpc) is 2.83. The van der Waals surface area contributed by atoms with Gasteiger partial charge in [0, 0.05) is 24.4 Å². The smallest absolute Gasteiger partial charge is 0.165 e. The maximum atomic E-state index is 13.5. The van der Waals surface area contributed by atoms with E-state index in [0.717, 1.165) is 48.1 Å². The number of Topliss-reactive ketones (excluding diaryl/α,β-unsaturated/α-hetero) is 1. The molecule has 32 heavy (non-hydrogen) atoms. The van der Waals surface area contributed by atoms with Gasteiger partial charge in [-0.15, -0.1) is 11.6 Å². The molecule has 0 unspecified atom stereocenters. The number of unbranched alkanes of at least 4 members (excludes halogenated alkanes) is 3. The van der Waals surface area contributed by atoms with Crippen LogP contribution in [0.5, 0.6) is 0 Å². The molecular weight excluding hydrogens is 414 g/mol. The zero-order valence-corrected chi connectivity index (χ0v) is 19.6. The molecule has 0 atom stereocenters. The molecule has 0 fully saturated rings. The molecule has 0 aromatic heterocycles. The zero-order chi connectivity index (χ0) is 22.6. The number of ketones is 1. The van der Waals surface area contributed by atoms with E-state index in [1.165, 1.54) is 11.1 Å². The van der Waals surface area contributed by atoms with Crippen molar-refractivity contribution < 1.29 is 4.79 Å². The highest BCUT2D eigenvalue weighted by molar-refractivity contribution is 6.27. The molecule has 0 aliphatic heterocycles. The summed E-state index contributed by atoms with van der Waals surface area (Å²) in [7, 11) is 0. The van der Waals surface area contributed by atoms with Gasteiger partial charge in [0.2, 0.25) is 0 Å². The molecule has 1 N–H and O–H groups in total. The fourth-order valence-electron chi connectivity index (χ4n) is 3.75. The Kier molecular flexibility index (Phi) is 9.59. The molecule has 0 bridgehead atoms. The van der Waals surface area contributed by atoms with Gasteiger partial charge in [-0.2, -0.15) is 0 Å². The predicted molar refractivity (Wildman–Crippen MR) is 137 cm³/mol. The largest absolute Gasteiger partial charge is 0.380 e. The van der Waals surface area contributed by atoms with Gasteiger partial charge in [-0.05, 0) is 36.5 Å². The number of nitrogens with one attached hydrogen (secondary N) is 1.